The molecular formula is C13H13N7. The fourth-order valence-electron chi connectivity index (χ4n) is 1.72. The number of rotatable bonds is 4. The van der Waals surface area contributed by atoms with E-state index in [0.717, 1.165) is 12.1 Å². The van der Waals surface area contributed by atoms with Gasteiger partial charge in [-0.25, -0.2) is 4.68 Å². The van der Waals surface area contributed by atoms with Crippen LogP contribution in [0, 0.1) is 0 Å². The van der Waals surface area contributed by atoms with Crippen molar-refractivity contribution in [3.8, 4) is 17.3 Å². The van der Waals surface area contributed by atoms with Gasteiger partial charge in [0, 0.05) is 36.9 Å². The summed E-state index contributed by atoms with van der Waals surface area (Å²) in [5.74, 6) is 1.59. The molecule has 0 fully saturated rings. The largest absolute Gasteiger partial charge is 0.354 e. The van der Waals surface area contributed by atoms with Gasteiger partial charge in [0.1, 0.15) is 0 Å². The number of anilines is 1. The van der Waals surface area contributed by atoms with E-state index in [9.17, 15) is 0 Å². The van der Waals surface area contributed by atoms with Crippen molar-refractivity contribution in [3.63, 3.8) is 0 Å². The Morgan fingerprint density at radius 1 is 1.10 bits per heavy atom. The molecule has 3 aromatic heterocycles. The zero-order valence-electron chi connectivity index (χ0n) is 10.9. The summed E-state index contributed by atoms with van der Waals surface area (Å²) >= 11 is 0. The third-order valence-electron chi connectivity index (χ3n) is 2.61. The van der Waals surface area contributed by atoms with E-state index < -0.39 is 0 Å². The van der Waals surface area contributed by atoms with Crippen molar-refractivity contribution in [1.82, 2.24) is 29.7 Å². The molecule has 7 heteroatoms. The van der Waals surface area contributed by atoms with Crippen LogP contribution in [-0.2, 0) is 0 Å². The minimum absolute atomic E-state index is 0.479. The number of aromatic nitrogens is 6. The summed E-state index contributed by atoms with van der Waals surface area (Å²) in [5.41, 5.74) is 0.884. The molecular weight excluding hydrogens is 254 g/mol. The highest BCUT2D eigenvalue weighted by molar-refractivity contribution is 5.55. The molecule has 0 radical (unpaired) electrons. The smallest absolute Gasteiger partial charge is 0.255 e. The van der Waals surface area contributed by atoms with Gasteiger partial charge < -0.3 is 5.32 Å². The van der Waals surface area contributed by atoms with E-state index >= 15 is 0 Å². The molecule has 7 nitrogen and oxygen atoms in total. The SMILES string of the molecule is CCNc1nc(-c2ccncc2)nc(-n2cccn2)n1. The Kier molecular flexibility index (Phi) is 3.32. The van der Waals surface area contributed by atoms with Gasteiger partial charge >= 0.3 is 0 Å². The average Bonchev–Trinajstić information content (AvgIpc) is 3.02. The van der Waals surface area contributed by atoms with Crippen molar-refractivity contribution in [2.24, 2.45) is 0 Å². The van der Waals surface area contributed by atoms with Crippen LogP contribution in [0.3, 0.4) is 0 Å². The fraction of sp³-hybridized carbons (Fsp3) is 0.154. The number of hydrogen-bond donors (Lipinski definition) is 1. The van der Waals surface area contributed by atoms with E-state index in [0.29, 0.717) is 17.7 Å². The maximum absolute atomic E-state index is 4.44. The van der Waals surface area contributed by atoms with Gasteiger partial charge in [0.25, 0.3) is 5.95 Å². The fourth-order valence-corrected chi connectivity index (χ4v) is 1.72. The molecule has 0 aliphatic carbocycles. The highest BCUT2D eigenvalue weighted by Gasteiger charge is 2.09. The Labute approximate surface area is 115 Å². The van der Waals surface area contributed by atoms with Crippen LogP contribution in [0.2, 0.25) is 0 Å². The van der Waals surface area contributed by atoms with Gasteiger partial charge in [-0.05, 0) is 25.1 Å². The van der Waals surface area contributed by atoms with Crippen molar-refractivity contribution in [3.05, 3.63) is 43.0 Å². The Morgan fingerprint density at radius 3 is 2.65 bits per heavy atom. The average molecular weight is 267 g/mol. The molecule has 3 rings (SSSR count). The Hall–Kier alpha value is -2.83. The third-order valence-corrected chi connectivity index (χ3v) is 2.61. The summed E-state index contributed by atoms with van der Waals surface area (Å²) in [6, 6.07) is 5.54. The van der Waals surface area contributed by atoms with Crippen molar-refractivity contribution in [2.45, 2.75) is 6.92 Å². The highest BCUT2D eigenvalue weighted by Crippen LogP contribution is 2.16. The van der Waals surface area contributed by atoms with Gasteiger partial charge in [-0.3, -0.25) is 4.98 Å². The number of hydrogen-bond acceptors (Lipinski definition) is 6. The quantitative estimate of drug-likeness (QED) is 0.772. The van der Waals surface area contributed by atoms with Crippen LogP contribution >= 0.6 is 0 Å². The first-order valence-electron chi connectivity index (χ1n) is 6.27. The molecule has 0 aromatic carbocycles. The summed E-state index contributed by atoms with van der Waals surface area (Å²) in [7, 11) is 0. The van der Waals surface area contributed by atoms with Gasteiger partial charge in [0.2, 0.25) is 5.95 Å². The van der Waals surface area contributed by atoms with E-state index in [1.165, 1.54) is 0 Å². The van der Waals surface area contributed by atoms with Crippen LogP contribution in [0.4, 0.5) is 5.95 Å². The Balaban J connectivity index is 2.10. The lowest BCUT2D eigenvalue weighted by Crippen LogP contribution is -2.10. The lowest BCUT2D eigenvalue weighted by atomic mass is 10.2. The van der Waals surface area contributed by atoms with Gasteiger partial charge in [-0.1, -0.05) is 0 Å². The van der Waals surface area contributed by atoms with Gasteiger partial charge in [0.15, 0.2) is 5.82 Å². The Morgan fingerprint density at radius 2 is 1.95 bits per heavy atom. The summed E-state index contributed by atoms with van der Waals surface area (Å²) in [6.45, 7) is 2.72. The molecule has 3 heterocycles. The lowest BCUT2D eigenvalue weighted by Gasteiger charge is -2.07. The van der Waals surface area contributed by atoms with Crippen molar-refractivity contribution >= 4 is 5.95 Å². The topological polar surface area (TPSA) is 81.4 Å². The van der Waals surface area contributed by atoms with E-state index in [2.05, 4.69) is 30.4 Å². The van der Waals surface area contributed by atoms with Crippen LogP contribution in [0.15, 0.2) is 43.0 Å². The number of nitrogens with zero attached hydrogens (tertiary/aromatic N) is 6. The minimum atomic E-state index is 0.479. The van der Waals surface area contributed by atoms with Crippen molar-refractivity contribution < 1.29 is 0 Å². The molecule has 0 atom stereocenters. The predicted octanol–water partition coefficient (Wildman–Crippen LogP) is 1.55. The van der Waals surface area contributed by atoms with Crippen LogP contribution in [0.25, 0.3) is 17.3 Å². The van der Waals surface area contributed by atoms with Gasteiger partial charge in [-0.15, -0.1) is 0 Å². The van der Waals surface area contributed by atoms with Crippen molar-refractivity contribution in [2.75, 3.05) is 11.9 Å². The van der Waals surface area contributed by atoms with Gasteiger partial charge in [-0.2, -0.15) is 20.1 Å². The molecule has 0 aliphatic rings. The first-order valence-corrected chi connectivity index (χ1v) is 6.27. The molecule has 0 bridgehead atoms. The molecule has 0 unspecified atom stereocenters. The second-order valence-corrected chi connectivity index (χ2v) is 4.00. The van der Waals surface area contributed by atoms with Crippen molar-refractivity contribution in [1.29, 1.82) is 0 Å². The third kappa shape index (κ3) is 2.46. The van der Waals surface area contributed by atoms with Crippen LogP contribution in [0.1, 0.15) is 6.92 Å². The summed E-state index contributed by atoms with van der Waals surface area (Å²) < 4.78 is 1.60. The molecule has 0 aliphatic heterocycles. The maximum atomic E-state index is 4.44. The monoisotopic (exact) mass is 267 g/mol. The highest BCUT2D eigenvalue weighted by atomic mass is 15.4. The molecule has 3 aromatic rings. The van der Waals surface area contributed by atoms with Crippen LogP contribution in [0.5, 0.6) is 0 Å². The Bertz CT molecular complexity index is 679. The summed E-state index contributed by atoms with van der Waals surface area (Å²) in [6.07, 6.45) is 6.89. The second-order valence-electron chi connectivity index (χ2n) is 4.00. The summed E-state index contributed by atoms with van der Waals surface area (Å²) in [4.78, 5) is 17.2. The molecule has 0 saturated heterocycles. The summed E-state index contributed by atoms with van der Waals surface area (Å²) in [5, 5.41) is 7.25. The molecule has 0 amide bonds. The van der Waals surface area contributed by atoms with E-state index in [-0.39, 0.29) is 0 Å². The normalized spacial score (nSPS) is 10.4. The van der Waals surface area contributed by atoms with E-state index in [1.54, 1.807) is 29.5 Å². The molecule has 100 valence electrons. The molecule has 0 spiro atoms. The first kappa shape index (κ1) is 12.2. The van der Waals surface area contributed by atoms with E-state index in [1.807, 2.05) is 25.1 Å². The zero-order chi connectivity index (χ0) is 13.8. The predicted molar refractivity (Wildman–Crippen MR) is 74.3 cm³/mol. The zero-order valence-corrected chi connectivity index (χ0v) is 10.9. The van der Waals surface area contributed by atoms with E-state index in [4.69, 9.17) is 0 Å². The molecule has 1 N–H and O–H groups in total. The standard InChI is InChI=1S/C13H13N7/c1-2-15-12-17-11(10-4-7-14-8-5-10)18-13(19-12)20-9-3-6-16-20/h3-9H,2H2,1H3,(H,15,17,18,19). The first-order chi connectivity index (χ1) is 9.86. The number of pyridine rings is 1. The number of nitrogens with one attached hydrogen (secondary N) is 1. The minimum Gasteiger partial charge on any atom is -0.354 e. The van der Waals surface area contributed by atoms with Crippen LogP contribution < -0.4 is 5.32 Å². The molecule has 0 saturated carbocycles. The van der Waals surface area contributed by atoms with Gasteiger partial charge in [0.05, 0.1) is 0 Å². The second kappa shape index (κ2) is 5.43. The van der Waals surface area contributed by atoms with Crippen LogP contribution in [-0.4, -0.2) is 36.3 Å². The lowest BCUT2D eigenvalue weighted by molar-refractivity contribution is 0.798. The molecule has 20 heavy (non-hydrogen) atoms. The maximum Gasteiger partial charge on any atom is 0.255 e.